The first-order valence-corrected chi connectivity index (χ1v) is 11.3. The van der Waals surface area contributed by atoms with E-state index in [-0.39, 0.29) is 17.7 Å². The number of carbonyl (C=O) groups is 2. The molecule has 0 spiro atoms. The first-order chi connectivity index (χ1) is 15.0. The smallest absolute Gasteiger partial charge is 0.263 e. The number of aryl methyl sites for hydroxylation is 1. The molecule has 158 valence electrons. The fraction of sp³-hybridized carbons (Fsp3) is 0.280. The van der Waals surface area contributed by atoms with Gasteiger partial charge in [0.15, 0.2) is 0 Å². The number of thiophene rings is 1. The molecule has 0 saturated carbocycles. The molecule has 0 radical (unpaired) electrons. The zero-order valence-electron chi connectivity index (χ0n) is 18.0. The number of likely N-dealkylation sites (tertiary alicyclic amines) is 1. The molecular weight excluding hydrogens is 406 g/mol. The maximum absolute atomic E-state index is 13.4. The van der Waals surface area contributed by atoms with Gasteiger partial charge in [0.05, 0.1) is 10.4 Å². The number of nitrogens with zero attached hydrogens (tertiary/aromatic N) is 3. The largest absolute Gasteiger partial charge is 0.350 e. The average Bonchev–Trinajstić information content (AvgIpc) is 3.48. The molecule has 2 aromatic carbocycles. The van der Waals surface area contributed by atoms with Crippen LogP contribution in [0.2, 0.25) is 0 Å². The van der Waals surface area contributed by atoms with E-state index in [0.29, 0.717) is 13.1 Å². The van der Waals surface area contributed by atoms with Crippen LogP contribution < -0.4 is 0 Å². The number of hydrogen-bond acceptors (Lipinski definition) is 3. The Kier molecular flexibility index (Phi) is 4.82. The molecule has 6 heteroatoms. The molecule has 1 aliphatic heterocycles. The molecule has 2 amide bonds. The van der Waals surface area contributed by atoms with Crippen molar-refractivity contribution in [1.29, 1.82) is 0 Å². The molecular formula is C25H25N3O2S. The second kappa shape index (κ2) is 7.54. The zero-order chi connectivity index (χ0) is 21.7. The van der Waals surface area contributed by atoms with Crippen molar-refractivity contribution < 1.29 is 9.59 Å². The molecule has 1 aliphatic rings. The van der Waals surface area contributed by atoms with Gasteiger partial charge in [-0.25, -0.2) is 0 Å². The molecule has 5 nitrogen and oxygen atoms in total. The van der Waals surface area contributed by atoms with Crippen molar-refractivity contribution in [3.63, 3.8) is 0 Å². The Hall–Kier alpha value is -3.12. The van der Waals surface area contributed by atoms with Crippen molar-refractivity contribution in [3.8, 4) is 0 Å². The van der Waals surface area contributed by atoms with Gasteiger partial charge in [0, 0.05) is 62.0 Å². The van der Waals surface area contributed by atoms with E-state index < -0.39 is 0 Å². The van der Waals surface area contributed by atoms with Crippen LogP contribution in [0.25, 0.3) is 21.0 Å². The summed E-state index contributed by atoms with van der Waals surface area (Å²) in [4.78, 5) is 30.7. The lowest BCUT2D eigenvalue weighted by molar-refractivity contribution is 0.0792. The summed E-state index contributed by atoms with van der Waals surface area (Å²) in [7, 11) is 5.56. The quantitative estimate of drug-likeness (QED) is 0.471. The Morgan fingerprint density at radius 3 is 2.52 bits per heavy atom. The van der Waals surface area contributed by atoms with Crippen LogP contribution in [0, 0.1) is 0 Å². The molecule has 0 aliphatic carbocycles. The summed E-state index contributed by atoms with van der Waals surface area (Å²) in [5.41, 5.74) is 2.91. The van der Waals surface area contributed by atoms with Crippen LogP contribution in [0.5, 0.6) is 0 Å². The minimum atomic E-state index is 0.0371. The van der Waals surface area contributed by atoms with Crippen molar-refractivity contribution in [3.05, 3.63) is 70.7 Å². The lowest BCUT2D eigenvalue weighted by Crippen LogP contribution is -2.28. The van der Waals surface area contributed by atoms with Crippen molar-refractivity contribution in [1.82, 2.24) is 14.4 Å². The van der Waals surface area contributed by atoms with Crippen LogP contribution in [0.1, 0.15) is 37.9 Å². The Bertz CT molecular complexity index is 1320. The molecule has 1 saturated heterocycles. The SMILES string of the molecule is CN(C)C(=O)c1sc2ccccc2c1[C@H]1CCN(C(=O)c2cn(C)c3ccccc23)C1. The van der Waals surface area contributed by atoms with Gasteiger partial charge in [-0.1, -0.05) is 36.4 Å². The topological polar surface area (TPSA) is 45.6 Å². The Morgan fingerprint density at radius 2 is 1.74 bits per heavy atom. The van der Waals surface area contributed by atoms with E-state index in [9.17, 15) is 9.59 Å². The molecule has 1 fully saturated rings. The summed E-state index contributed by atoms with van der Waals surface area (Å²) in [6.45, 7) is 1.34. The number of hydrogen-bond donors (Lipinski definition) is 0. The summed E-state index contributed by atoms with van der Waals surface area (Å²) < 4.78 is 3.14. The second-order valence-electron chi connectivity index (χ2n) is 8.45. The number of para-hydroxylation sites is 1. The second-order valence-corrected chi connectivity index (χ2v) is 9.50. The first-order valence-electron chi connectivity index (χ1n) is 10.5. The normalized spacial score (nSPS) is 16.4. The number of rotatable bonds is 3. The van der Waals surface area contributed by atoms with Gasteiger partial charge < -0.3 is 14.4 Å². The van der Waals surface area contributed by atoms with E-state index in [0.717, 1.165) is 43.4 Å². The van der Waals surface area contributed by atoms with Crippen LogP contribution in [0.3, 0.4) is 0 Å². The molecule has 0 bridgehead atoms. The van der Waals surface area contributed by atoms with Gasteiger partial charge in [0.25, 0.3) is 11.8 Å². The van der Waals surface area contributed by atoms with E-state index in [2.05, 4.69) is 12.1 Å². The van der Waals surface area contributed by atoms with Gasteiger partial charge in [-0.15, -0.1) is 11.3 Å². The van der Waals surface area contributed by atoms with Crippen molar-refractivity contribution in [2.24, 2.45) is 7.05 Å². The zero-order valence-corrected chi connectivity index (χ0v) is 18.8. The standard InChI is InChI=1S/C25H25N3O2S/c1-26(2)25(30)23-22(18-9-5-7-11-21(18)31-23)16-12-13-28(14-16)24(29)19-15-27(3)20-10-6-4-8-17(19)20/h4-11,15-16H,12-14H2,1-3H3/t16-/m0/s1. The Morgan fingerprint density at radius 1 is 1.03 bits per heavy atom. The van der Waals surface area contributed by atoms with E-state index in [1.54, 1.807) is 30.3 Å². The average molecular weight is 432 g/mol. The van der Waals surface area contributed by atoms with Crippen molar-refractivity contribution >= 4 is 44.1 Å². The predicted molar refractivity (Wildman–Crippen MR) is 126 cm³/mol. The summed E-state index contributed by atoms with van der Waals surface area (Å²) in [6, 6.07) is 16.2. The van der Waals surface area contributed by atoms with Crippen molar-refractivity contribution in [2.75, 3.05) is 27.2 Å². The maximum atomic E-state index is 13.4. The number of aromatic nitrogens is 1. The third kappa shape index (κ3) is 3.22. The number of carbonyl (C=O) groups excluding carboxylic acids is 2. The molecule has 5 rings (SSSR count). The molecule has 4 aromatic rings. The number of benzene rings is 2. The van der Waals surface area contributed by atoms with Crippen LogP contribution in [-0.2, 0) is 7.05 Å². The van der Waals surface area contributed by atoms with E-state index >= 15 is 0 Å². The third-order valence-corrected chi connectivity index (χ3v) is 7.42. The first kappa shape index (κ1) is 19.8. The van der Waals surface area contributed by atoms with Gasteiger partial charge in [-0.2, -0.15) is 0 Å². The van der Waals surface area contributed by atoms with Gasteiger partial charge in [0.1, 0.15) is 0 Å². The molecule has 0 unspecified atom stereocenters. The van der Waals surface area contributed by atoms with Crippen LogP contribution in [-0.4, -0.2) is 53.4 Å². The van der Waals surface area contributed by atoms with E-state index in [1.807, 2.05) is 59.1 Å². The lowest BCUT2D eigenvalue weighted by atomic mass is 9.95. The number of fused-ring (bicyclic) bond motifs is 2. The van der Waals surface area contributed by atoms with E-state index in [4.69, 9.17) is 0 Å². The maximum Gasteiger partial charge on any atom is 0.263 e. The minimum Gasteiger partial charge on any atom is -0.350 e. The van der Waals surface area contributed by atoms with Crippen LogP contribution >= 0.6 is 11.3 Å². The van der Waals surface area contributed by atoms with Gasteiger partial charge in [0.2, 0.25) is 0 Å². The summed E-state index contributed by atoms with van der Waals surface area (Å²) in [5, 5.41) is 2.13. The molecule has 31 heavy (non-hydrogen) atoms. The van der Waals surface area contributed by atoms with Gasteiger partial charge in [-0.3, -0.25) is 9.59 Å². The van der Waals surface area contributed by atoms with Gasteiger partial charge in [-0.05, 0) is 29.5 Å². The van der Waals surface area contributed by atoms with E-state index in [1.165, 1.54) is 0 Å². The van der Waals surface area contributed by atoms with Gasteiger partial charge >= 0.3 is 0 Å². The van der Waals surface area contributed by atoms with Crippen molar-refractivity contribution in [2.45, 2.75) is 12.3 Å². The lowest BCUT2D eigenvalue weighted by Gasteiger charge is -2.18. The van der Waals surface area contributed by atoms with Crippen LogP contribution in [0.4, 0.5) is 0 Å². The molecule has 3 heterocycles. The Labute approximate surface area is 185 Å². The van der Waals surface area contributed by atoms with Crippen LogP contribution in [0.15, 0.2) is 54.7 Å². The highest BCUT2D eigenvalue weighted by Crippen LogP contribution is 2.41. The Balaban J connectivity index is 1.50. The highest BCUT2D eigenvalue weighted by atomic mass is 32.1. The highest BCUT2D eigenvalue weighted by Gasteiger charge is 2.34. The predicted octanol–water partition coefficient (Wildman–Crippen LogP) is 4.72. The summed E-state index contributed by atoms with van der Waals surface area (Å²) >= 11 is 1.56. The highest BCUT2D eigenvalue weighted by molar-refractivity contribution is 7.21. The third-order valence-electron chi connectivity index (χ3n) is 6.25. The number of amides is 2. The fourth-order valence-electron chi connectivity index (χ4n) is 4.70. The summed E-state index contributed by atoms with van der Waals surface area (Å²) in [5.74, 6) is 0.267. The molecule has 0 N–H and O–H groups in total. The fourth-order valence-corrected chi connectivity index (χ4v) is 6.01. The monoisotopic (exact) mass is 431 g/mol. The minimum absolute atomic E-state index is 0.0371. The molecule has 2 aromatic heterocycles. The summed E-state index contributed by atoms with van der Waals surface area (Å²) in [6.07, 6.45) is 2.80. The molecule has 1 atom stereocenters.